The third-order valence-electron chi connectivity index (χ3n) is 2.52. The van der Waals surface area contributed by atoms with Crippen molar-refractivity contribution < 1.29 is 14.7 Å². The van der Waals surface area contributed by atoms with Crippen LogP contribution in [0.3, 0.4) is 0 Å². The third kappa shape index (κ3) is 3.64. The highest BCUT2D eigenvalue weighted by Gasteiger charge is 2.14. The zero-order valence-electron chi connectivity index (χ0n) is 10.2. The minimum Gasteiger partial charge on any atom is -0.478 e. The molecule has 0 fully saturated rings. The molecule has 1 aromatic carbocycles. The molecule has 0 atom stereocenters. The lowest BCUT2D eigenvalue weighted by Gasteiger charge is -2.08. The van der Waals surface area contributed by atoms with Gasteiger partial charge in [-0.3, -0.25) is 4.79 Å². The SMILES string of the molecule is O=C(O)c1cc(NC(=O)c2cc(Cl)ncc2Cl)ccc1Cl. The van der Waals surface area contributed by atoms with Crippen LogP contribution in [0.5, 0.6) is 0 Å². The van der Waals surface area contributed by atoms with Gasteiger partial charge in [-0.2, -0.15) is 0 Å². The third-order valence-corrected chi connectivity index (χ3v) is 3.36. The molecule has 1 aromatic heterocycles. The molecule has 0 saturated carbocycles. The fourth-order valence-corrected chi connectivity index (χ4v) is 2.10. The Hall–Kier alpha value is -1.82. The largest absolute Gasteiger partial charge is 0.478 e. The van der Waals surface area contributed by atoms with E-state index in [2.05, 4.69) is 10.3 Å². The number of amides is 1. The summed E-state index contributed by atoms with van der Waals surface area (Å²) in [6, 6.07) is 5.41. The van der Waals surface area contributed by atoms with Crippen LogP contribution < -0.4 is 5.32 Å². The van der Waals surface area contributed by atoms with Gasteiger partial charge < -0.3 is 10.4 Å². The molecule has 2 aromatic rings. The summed E-state index contributed by atoms with van der Waals surface area (Å²) in [5.41, 5.74) is 0.280. The molecular formula is C13H7Cl3N2O3. The fourth-order valence-electron chi connectivity index (χ4n) is 1.55. The number of benzene rings is 1. The Morgan fingerprint density at radius 2 is 1.76 bits per heavy atom. The van der Waals surface area contributed by atoms with Crippen LogP contribution in [-0.2, 0) is 0 Å². The van der Waals surface area contributed by atoms with Crippen molar-refractivity contribution in [2.45, 2.75) is 0 Å². The minimum absolute atomic E-state index is 0.0745. The van der Waals surface area contributed by atoms with Gasteiger partial charge in [0.1, 0.15) is 5.15 Å². The molecule has 21 heavy (non-hydrogen) atoms. The summed E-state index contributed by atoms with van der Waals surface area (Å²) in [5, 5.41) is 11.8. The second kappa shape index (κ2) is 6.30. The van der Waals surface area contributed by atoms with E-state index in [1.165, 1.54) is 30.5 Å². The maximum atomic E-state index is 12.1. The molecule has 0 bridgehead atoms. The van der Waals surface area contributed by atoms with Crippen molar-refractivity contribution in [3.05, 3.63) is 56.8 Å². The topological polar surface area (TPSA) is 79.3 Å². The number of nitrogens with zero attached hydrogens (tertiary/aromatic N) is 1. The number of aromatic carboxylic acids is 1. The summed E-state index contributed by atoms with van der Waals surface area (Å²) in [7, 11) is 0. The summed E-state index contributed by atoms with van der Waals surface area (Å²) >= 11 is 17.3. The van der Waals surface area contributed by atoms with Crippen LogP contribution in [0.25, 0.3) is 0 Å². The number of pyridine rings is 1. The van der Waals surface area contributed by atoms with Gasteiger partial charge in [0.05, 0.1) is 21.2 Å². The molecule has 0 aliphatic rings. The van der Waals surface area contributed by atoms with Gasteiger partial charge in [0.25, 0.3) is 5.91 Å². The van der Waals surface area contributed by atoms with Crippen LogP contribution in [0.1, 0.15) is 20.7 Å². The highest BCUT2D eigenvalue weighted by molar-refractivity contribution is 6.36. The summed E-state index contributed by atoms with van der Waals surface area (Å²) in [5.74, 6) is -1.73. The van der Waals surface area contributed by atoms with Gasteiger partial charge in [0.15, 0.2) is 0 Å². The molecule has 8 heteroatoms. The van der Waals surface area contributed by atoms with E-state index in [0.717, 1.165) is 0 Å². The van der Waals surface area contributed by atoms with E-state index in [1.807, 2.05) is 0 Å². The molecule has 5 nitrogen and oxygen atoms in total. The quantitative estimate of drug-likeness (QED) is 0.824. The second-order valence-electron chi connectivity index (χ2n) is 3.94. The normalized spacial score (nSPS) is 10.2. The van der Waals surface area contributed by atoms with Crippen LogP contribution in [0.4, 0.5) is 5.69 Å². The summed E-state index contributed by atoms with van der Waals surface area (Å²) in [6.07, 6.45) is 1.25. The Balaban J connectivity index is 2.29. The van der Waals surface area contributed by atoms with Crippen molar-refractivity contribution in [3.8, 4) is 0 Å². The number of hydrogen-bond donors (Lipinski definition) is 2. The van der Waals surface area contributed by atoms with Gasteiger partial charge in [0.2, 0.25) is 0 Å². The maximum Gasteiger partial charge on any atom is 0.337 e. The number of aromatic nitrogens is 1. The molecule has 2 rings (SSSR count). The van der Waals surface area contributed by atoms with Crippen molar-refractivity contribution in [2.24, 2.45) is 0 Å². The number of rotatable bonds is 3. The van der Waals surface area contributed by atoms with Crippen molar-refractivity contribution in [3.63, 3.8) is 0 Å². The molecule has 0 unspecified atom stereocenters. The molecule has 1 amide bonds. The first-order valence-corrected chi connectivity index (χ1v) is 6.67. The van der Waals surface area contributed by atoms with E-state index < -0.39 is 11.9 Å². The Bertz CT molecular complexity index is 735. The Kier molecular flexibility index (Phi) is 4.67. The Morgan fingerprint density at radius 3 is 2.43 bits per heavy atom. The maximum absolute atomic E-state index is 12.1. The zero-order chi connectivity index (χ0) is 15.6. The second-order valence-corrected chi connectivity index (χ2v) is 5.14. The highest BCUT2D eigenvalue weighted by atomic mass is 35.5. The minimum atomic E-state index is -1.19. The molecular weight excluding hydrogens is 339 g/mol. The van der Waals surface area contributed by atoms with E-state index in [4.69, 9.17) is 39.9 Å². The van der Waals surface area contributed by atoms with Crippen molar-refractivity contribution in [1.29, 1.82) is 0 Å². The molecule has 0 aliphatic carbocycles. The van der Waals surface area contributed by atoms with Gasteiger partial charge in [-0.1, -0.05) is 34.8 Å². The monoisotopic (exact) mass is 344 g/mol. The van der Waals surface area contributed by atoms with Crippen molar-refractivity contribution in [2.75, 3.05) is 5.32 Å². The van der Waals surface area contributed by atoms with Crippen LogP contribution >= 0.6 is 34.8 Å². The van der Waals surface area contributed by atoms with Crippen LogP contribution in [0.15, 0.2) is 30.5 Å². The van der Waals surface area contributed by atoms with Crippen molar-refractivity contribution >= 4 is 52.4 Å². The number of anilines is 1. The summed E-state index contributed by atoms with van der Waals surface area (Å²) in [6.45, 7) is 0. The first-order valence-electron chi connectivity index (χ1n) is 5.53. The standard InChI is InChI=1S/C13H7Cl3N2O3/c14-9-2-1-6(3-8(9)13(20)21)18-12(19)7-4-11(16)17-5-10(7)15/h1-5H,(H,18,19)(H,20,21). The molecule has 0 radical (unpaired) electrons. The van der Waals surface area contributed by atoms with Gasteiger partial charge in [-0.15, -0.1) is 0 Å². The zero-order valence-corrected chi connectivity index (χ0v) is 12.5. The van der Waals surface area contributed by atoms with Gasteiger partial charge >= 0.3 is 5.97 Å². The first kappa shape index (κ1) is 15.6. The van der Waals surface area contributed by atoms with E-state index in [9.17, 15) is 9.59 Å². The smallest absolute Gasteiger partial charge is 0.337 e. The molecule has 0 aliphatic heterocycles. The number of nitrogens with one attached hydrogen (secondary N) is 1. The lowest BCUT2D eigenvalue weighted by molar-refractivity contribution is 0.0696. The number of halogens is 3. The first-order chi connectivity index (χ1) is 9.88. The van der Waals surface area contributed by atoms with E-state index in [0.29, 0.717) is 0 Å². The predicted octanol–water partition coefficient (Wildman–Crippen LogP) is 3.99. The van der Waals surface area contributed by atoms with Crippen LogP contribution in [0, 0.1) is 0 Å². The lowest BCUT2D eigenvalue weighted by atomic mass is 10.2. The Labute approximate surface area is 134 Å². The Morgan fingerprint density at radius 1 is 1.05 bits per heavy atom. The van der Waals surface area contributed by atoms with Crippen LogP contribution in [0.2, 0.25) is 15.2 Å². The number of hydrogen-bond acceptors (Lipinski definition) is 3. The highest BCUT2D eigenvalue weighted by Crippen LogP contribution is 2.23. The van der Waals surface area contributed by atoms with Gasteiger partial charge in [-0.25, -0.2) is 9.78 Å². The van der Waals surface area contributed by atoms with E-state index in [-0.39, 0.29) is 32.0 Å². The average Bonchev–Trinajstić information content (AvgIpc) is 2.43. The lowest BCUT2D eigenvalue weighted by Crippen LogP contribution is -2.13. The summed E-state index contributed by atoms with van der Waals surface area (Å²) < 4.78 is 0. The summed E-state index contributed by atoms with van der Waals surface area (Å²) in [4.78, 5) is 26.8. The molecule has 0 saturated heterocycles. The van der Waals surface area contributed by atoms with Gasteiger partial charge in [0, 0.05) is 11.9 Å². The van der Waals surface area contributed by atoms with Gasteiger partial charge in [-0.05, 0) is 24.3 Å². The number of carbonyl (C=O) groups is 2. The van der Waals surface area contributed by atoms with Crippen LogP contribution in [-0.4, -0.2) is 22.0 Å². The van der Waals surface area contributed by atoms with Crippen molar-refractivity contribution in [1.82, 2.24) is 4.98 Å². The average molecular weight is 346 g/mol. The number of carboxylic acids is 1. The molecule has 108 valence electrons. The van der Waals surface area contributed by atoms with E-state index >= 15 is 0 Å². The molecule has 0 spiro atoms. The molecule has 2 N–H and O–H groups in total. The number of carbonyl (C=O) groups excluding carboxylic acids is 1. The predicted molar refractivity (Wildman–Crippen MR) is 80.6 cm³/mol. The molecule has 1 heterocycles. The number of carboxylic acid groups (broad SMARTS) is 1. The van der Waals surface area contributed by atoms with E-state index in [1.54, 1.807) is 0 Å². The fraction of sp³-hybridized carbons (Fsp3) is 0.